The van der Waals surface area contributed by atoms with Gasteiger partial charge in [-0.3, -0.25) is 9.69 Å². The van der Waals surface area contributed by atoms with Gasteiger partial charge in [0.1, 0.15) is 0 Å². The Morgan fingerprint density at radius 2 is 1.79 bits per heavy atom. The molecule has 3 aliphatic rings. The van der Waals surface area contributed by atoms with E-state index in [1.54, 1.807) is 0 Å². The van der Waals surface area contributed by atoms with E-state index in [0.717, 1.165) is 71.6 Å². The molecule has 1 N–H and O–H groups in total. The molecule has 0 radical (unpaired) electrons. The maximum Gasteiger partial charge on any atom is 0.240 e. The Morgan fingerprint density at radius 3 is 2.53 bits per heavy atom. The Bertz CT molecular complexity index is 284. The standard InChI is InChI=1S/C14H25N3O2/c18-14-13(16-8-5-15-6-9-16)2-1-7-17(14)12-3-10-19-11-4-12/h12-13,15H,1-11H2/t13-/m1/s1. The van der Waals surface area contributed by atoms with Crippen molar-refractivity contribution in [3.63, 3.8) is 0 Å². The minimum atomic E-state index is 0.138. The summed E-state index contributed by atoms with van der Waals surface area (Å²) in [5, 5.41) is 3.36. The molecule has 1 amide bonds. The van der Waals surface area contributed by atoms with Gasteiger partial charge in [-0.1, -0.05) is 0 Å². The fraction of sp³-hybridized carbons (Fsp3) is 0.929. The van der Waals surface area contributed by atoms with Gasteiger partial charge in [0.15, 0.2) is 0 Å². The molecule has 19 heavy (non-hydrogen) atoms. The van der Waals surface area contributed by atoms with Gasteiger partial charge in [-0.2, -0.15) is 0 Å². The molecule has 5 nitrogen and oxygen atoms in total. The highest BCUT2D eigenvalue weighted by Gasteiger charge is 2.37. The summed E-state index contributed by atoms with van der Waals surface area (Å²) in [4.78, 5) is 17.3. The van der Waals surface area contributed by atoms with Crippen LogP contribution < -0.4 is 5.32 Å². The van der Waals surface area contributed by atoms with Crippen LogP contribution in [0.1, 0.15) is 25.7 Å². The maximum atomic E-state index is 12.7. The van der Waals surface area contributed by atoms with Crippen molar-refractivity contribution < 1.29 is 9.53 Å². The minimum Gasteiger partial charge on any atom is -0.381 e. The van der Waals surface area contributed by atoms with Crippen LogP contribution in [0.4, 0.5) is 0 Å². The van der Waals surface area contributed by atoms with Gasteiger partial charge in [0.05, 0.1) is 6.04 Å². The first-order chi connectivity index (χ1) is 9.36. The molecular formula is C14H25N3O2. The van der Waals surface area contributed by atoms with Gasteiger partial charge in [-0.15, -0.1) is 0 Å². The van der Waals surface area contributed by atoms with E-state index in [0.29, 0.717) is 11.9 Å². The molecule has 108 valence electrons. The highest BCUT2D eigenvalue weighted by molar-refractivity contribution is 5.83. The molecule has 3 heterocycles. The molecule has 3 aliphatic heterocycles. The fourth-order valence-electron chi connectivity index (χ4n) is 3.57. The molecule has 3 fully saturated rings. The summed E-state index contributed by atoms with van der Waals surface area (Å²) in [6.45, 7) is 6.63. The van der Waals surface area contributed by atoms with Crippen molar-refractivity contribution >= 4 is 5.91 Å². The van der Waals surface area contributed by atoms with Crippen LogP contribution in [-0.4, -0.2) is 73.7 Å². The number of likely N-dealkylation sites (tertiary alicyclic amines) is 1. The average Bonchev–Trinajstić information content (AvgIpc) is 2.49. The molecule has 0 aromatic heterocycles. The summed E-state index contributed by atoms with van der Waals surface area (Å²) in [6.07, 6.45) is 4.22. The van der Waals surface area contributed by atoms with E-state index in [1.165, 1.54) is 0 Å². The lowest BCUT2D eigenvalue weighted by Crippen LogP contribution is -2.59. The minimum absolute atomic E-state index is 0.138. The molecular weight excluding hydrogens is 242 g/mol. The number of hydrogen-bond donors (Lipinski definition) is 1. The summed E-state index contributed by atoms with van der Waals surface area (Å²) >= 11 is 0. The van der Waals surface area contributed by atoms with E-state index >= 15 is 0 Å². The zero-order valence-electron chi connectivity index (χ0n) is 11.6. The number of nitrogens with one attached hydrogen (secondary N) is 1. The average molecular weight is 267 g/mol. The number of nitrogens with zero attached hydrogens (tertiary/aromatic N) is 2. The van der Waals surface area contributed by atoms with E-state index in [-0.39, 0.29) is 6.04 Å². The van der Waals surface area contributed by atoms with Gasteiger partial charge >= 0.3 is 0 Å². The van der Waals surface area contributed by atoms with Crippen molar-refractivity contribution in [1.82, 2.24) is 15.1 Å². The Balaban J connectivity index is 1.64. The van der Waals surface area contributed by atoms with Crippen LogP contribution in [-0.2, 0) is 9.53 Å². The van der Waals surface area contributed by atoms with Crippen LogP contribution in [0, 0.1) is 0 Å². The molecule has 0 unspecified atom stereocenters. The van der Waals surface area contributed by atoms with Crippen molar-refractivity contribution in [1.29, 1.82) is 0 Å². The van der Waals surface area contributed by atoms with Crippen molar-refractivity contribution in [2.24, 2.45) is 0 Å². The quantitative estimate of drug-likeness (QED) is 0.768. The van der Waals surface area contributed by atoms with Gasteiger partial charge in [0.25, 0.3) is 0 Å². The third-order valence-corrected chi connectivity index (χ3v) is 4.67. The molecule has 0 aromatic rings. The molecule has 5 heteroatoms. The largest absolute Gasteiger partial charge is 0.381 e. The Kier molecular flexibility index (Phi) is 4.35. The Labute approximate surface area is 115 Å². The van der Waals surface area contributed by atoms with Gasteiger partial charge in [-0.25, -0.2) is 0 Å². The zero-order chi connectivity index (χ0) is 13.1. The summed E-state index contributed by atoms with van der Waals surface area (Å²) in [5.41, 5.74) is 0. The maximum absolute atomic E-state index is 12.7. The number of carbonyl (C=O) groups is 1. The summed E-state index contributed by atoms with van der Waals surface area (Å²) in [5.74, 6) is 0.375. The predicted octanol–water partition coefficient (Wildman–Crippen LogP) is 0.0616. The van der Waals surface area contributed by atoms with E-state index in [2.05, 4.69) is 15.1 Å². The predicted molar refractivity (Wildman–Crippen MR) is 73.0 cm³/mol. The smallest absolute Gasteiger partial charge is 0.240 e. The van der Waals surface area contributed by atoms with Crippen LogP contribution >= 0.6 is 0 Å². The normalized spacial score (nSPS) is 31.7. The molecule has 0 spiro atoms. The van der Waals surface area contributed by atoms with Crippen LogP contribution in [0.2, 0.25) is 0 Å². The lowest BCUT2D eigenvalue weighted by Gasteiger charge is -2.43. The van der Waals surface area contributed by atoms with Crippen LogP contribution in [0.15, 0.2) is 0 Å². The van der Waals surface area contributed by atoms with Crippen molar-refractivity contribution in [2.45, 2.75) is 37.8 Å². The second kappa shape index (κ2) is 6.20. The highest BCUT2D eigenvalue weighted by atomic mass is 16.5. The first-order valence-corrected chi connectivity index (χ1v) is 7.69. The first kappa shape index (κ1) is 13.3. The second-order valence-electron chi connectivity index (χ2n) is 5.82. The van der Waals surface area contributed by atoms with Crippen molar-refractivity contribution in [3.8, 4) is 0 Å². The lowest BCUT2D eigenvalue weighted by molar-refractivity contribution is -0.145. The van der Waals surface area contributed by atoms with E-state index in [1.807, 2.05) is 0 Å². The van der Waals surface area contributed by atoms with Gasteiger partial charge in [0, 0.05) is 52.0 Å². The lowest BCUT2D eigenvalue weighted by atomic mass is 9.97. The molecule has 0 saturated carbocycles. The van der Waals surface area contributed by atoms with E-state index < -0.39 is 0 Å². The van der Waals surface area contributed by atoms with Crippen molar-refractivity contribution in [2.75, 3.05) is 45.9 Å². The van der Waals surface area contributed by atoms with E-state index in [4.69, 9.17) is 4.74 Å². The van der Waals surface area contributed by atoms with Crippen LogP contribution in [0.3, 0.4) is 0 Å². The Morgan fingerprint density at radius 1 is 1.05 bits per heavy atom. The number of carbonyl (C=O) groups excluding carboxylic acids is 1. The molecule has 0 aliphatic carbocycles. The Hall–Kier alpha value is -0.650. The fourth-order valence-corrected chi connectivity index (χ4v) is 3.57. The number of piperidine rings is 1. The summed E-state index contributed by atoms with van der Waals surface area (Å²) in [6, 6.07) is 0.561. The first-order valence-electron chi connectivity index (χ1n) is 7.69. The summed E-state index contributed by atoms with van der Waals surface area (Å²) < 4.78 is 5.41. The van der Waals surface area contributed by atoms with Crippen molar-refractivity contribution in [3.05, 3.63) is 0 Å². The van der Waals surface area contributed by atoms with Gasteiger partial charge < -0.3 is 15.0 Å². The summed E-state index contributed by atoms with van der Waals surface area (Å²) in [7, 11) is 0. The van der Waals surface area contributed by atoms with Crippen LogP contribution in [0.5, 0.6) is 0 Å². The second-order valence-corrected chi connectivity index (χ2v) is 5.82. The topological polar surface area (TPSA) is 44.8 Å². The monoisotopic (exact) mass is 267 g/mol. The number of amides is 1. The molecule has 3 saturated heterocycles. The zero-order valence-corrected chi connectivity index (χ0v) is 11.6. The van der Waals surface area contributed by atoms with Gasteiger partial charge in [-0.05, 0) is 25.7 Å². The third kappa shape index (κ3) is 2.93. The number of ether oxygens (including phenoxy) is 1. The molecule has 3 rings (SSSR count). The molecule has 0 aromatic carbocycles. The highest BCUT2D eigenvalue weighted by Crippen LogP contribution is 2.23. The van der Waals surface area contributed by atoms with Gasteiger partial charge in [0.2, 0.25) is 5.91 Å². The molecule has 0 bridgehead atoms. The SMILES string of the molecule is O=C1[C@H](N2CCNCC2)CCCN1C1CCOCC1. The number of rotatable bonds is 2. The number of hydrogen-bond acceptors (Lipinski definition) is 4. The van der Waals surface area contributed by atoms with E-state index in [9.17, 15) is 4.79 Å². The molecule has 1 atom stereocenters. The van der Waals surface area contributed by atoms with Crippen LogP contribution in [0.25, 0.3) is 0 Å². The number of piperazine rings is 1. The third-order valence-electron chi connectivity index (χ3n) is 4.67.